The van der Waals surface area contributed by atoms with Gasteiger partial charge in [0.1, 0.15) is 23.7 Å². The molecule has 1 heterocycles. The number of rotatable bonds is 6. The van der Waals surface area contributed by atoms with Gasteiger partial charge in [-0.3, -0.25) is 0 Å². The number of carboxylic acids is 1. The highest BCUT2D eigenvalue weighted by atomic mass is 19.1. The Balaban J connectivity index is 2.48. The number of hydrogen-bond donors (Lipinski definition) is 2. The lowest BCUT2D eigenvalue weighted by Crippen LogP contribution is -2.35. The zero-order valence-electron chi connectivity index (χ0n) is 12.6. The largest absolute Gasteiger partial charge is 0.494 e. The Bertz CT molecular complexity index is 693. The Morgan fingerprint density at radius 1 is 1.45 bits per heavy atom. The second-order valence-corrected chi connectivity index (χ2v) is 5.05. The Morgan fingerprint density at radius 2 is 2.18 bits per heavy atom. The van der Waals surface area contributed by atoms with Gasteiger partial charge in [-0.1, -0.05) is 20.3 Å². The summed E-state index contributed by atoms with van der Waals surface area (Å²) < 4.78 is 19.1. The van der Waals surface area contributed by atoms with Crippen molar-refractivity contribution >= 4 is 22.7 Å². The van der Waals surface area contributed by atoms with E-state index in [-0.39, 0.29) is 17.2 Å². The van der Waals surface area contributed by atoms with Crippen LogP contribution < -0.4 is 10.1 Å². The van der Waals surface area contributed by atoms with Gasteiger partial charge >= 0.3 is 5.97 Å². The fraction of sp³-hybridized carbons (Fsp3) is 0.400. The molecule has 0 fully saturated rings. The predicted octanol–water partition coefficient (Wildman–Crippen LogP) is 2.69. The number of hydrogen-bond acceptors (Lipinski definition) is 5. The van der Waals surface area contributed by atoms with Crippen molar-refractivity contribution in [2.75, 3.05) is 12.4 Å². The average Bonchev–Trinajstić information content (AvgIpc) is 2.52. The van der Waals surface area contributed by atoms with Crippen molar-refractivity contribution in [2.45, 2.75) is 26.3 Å². The van der Waals surface area contributed by atoms with Crippen LogP contribution in [0.1, 0.15) is 20.3 Å². The number of benzene rings is 1. The van der Waals surface area contributed by atoms with E-state index in [0.29, 0.717) is 17.6 Å². The molecule has 0 radical (unpaired) electrons. The number of aromatic nitrogens is 2. The van der Waals surface area contributed by atoms with E-state index in [1.807, 2.05) is 13.8 Å². The molecule has 0 amide bonds. The number of methoxy groups -OCH3 is 1. The molecule has 0 unspecified atom stereocenters. The van der Waals surface area contributed by atoms with Crippen LogP contribution in [0.3, 0.4) is 0 Å². The first-order valence-corrected chi connectivity index (χ1v) is 6.96. The lowest BCUT2D eigenvalue weighted by Gasteiger charge is -2.21. The highest BCUT2D eigenvalue weighted by molar-refractivity contribution is 5.92. The Morgan fingerprint density at radius 3 is 2.77 bits per heavy atom. The smallest absolute Gasteiger partial charge is 0.326 e. The van der Waals surface area contributed by atoms with E-state index in [9.17, 15) is 14.3 Å². The molecule has 6 nitrogen and oxygen atoms in total. The summed E-state index contributed by atoms with van der Waals surface area (Å²) in [6.07, 6.45) is 1.89. The monoisotopic (exact) mass is 307 g/mol. The molecular formula is C15H18FN3O3. The van der Waals surface area contributed by atoms with Crippen molar-refractivity contribution in [3.8, 4) is 5.75 Å². The van der Waals surface area contributed by atoms with Gasteiger partial charge < -0.3 is 15.2 Å². The van der Waals surface area contributed by atoms with Gasteiger partial charge in [-0.05, 0) is 18.1 Å². The van der Waals surface area contributed by atoms with Crippen molar-refractivity contribution in [2.24, 2.45) is 5.92 Å². The van der Waals surface area contributed by atoms with Crippen molar-refractivity contribution in [3.05, 3.63) is 24.3 Å². The standard InChI is InChI=1S/C15H18FN3O3/c1-4-8(2)12(15(20)21)19-14-9-5-6-10(22-3)11(16)13(9)17-7-18-14/h5-8,12H,4H2,1-3H3,(H,20,21)(H,17,18,19)/t8-,12-/m0/s1. The molecule has 0 saturated carbocycles. The van der Waals surface area contributed by atoms with Crippen molar-refractivity contribution in [1.29, 1.82) is 0 Å². The zero-order valence-corrected chi connectivity index (χ0v) is 12.6. The molecule has 7 heteroatoms. The maximum Gasteiger partial charge on any atom is 0.326 e. The van der Waals surface area contributed by atoms with Gasteiger partial charge in [0.2, 0.25) is 0 Å². The predicted molar refractivity (Wildman–Crippen MR) is 80.5 cm³/mol. The summed E-state index contributed by atoms with van der Waals surface area (Å²) in [6.45, 7) is 3.74. The number of ether oxygens (including phenoxy) is 1. The molecule has 22 heavy (non-hydrogen) atoms. The first-order chi connectivity index (χ1) is 10.5. The highest BCUT2D eigenvalue weighted by Crippen LogP contribution is 2.28. The zero-order chi connectivity index (χ0) is 16.3. The molecular weight excluding hydrogens is 289 g/mol. The van der Waals surface area contributed by atoms with Gasteiger partial charge in [-0.25, -0.2) is 19.2 Å². The lowest BCUT2D eigenvalue weighted by molar-refractivity contribution is -0.139. The number of fused-ring (bicyclic) bond motifs is 1. The molecule has 1 aromatic heterocycles. The number of halogens is 1. The molecule has 0 aliphatic rings. The molecule has 0 spiro atoms. The molecule has 2 rings (SSSR count). The van der Waals surface area contributed by atoms with Gasteiger partial charge in [0.25, 0.3) is 0 Å². The molecule has 0 aliphatic carbocycles. The van der Waals surface area contributed by atoms with Crippen LogP contribution in [0.25, 0.3) is 10.9 Å². The van der Waals surface area contributed by atoms with Crippen LogP contribution in [0.5, 0.6) is 5.75 Å². The van der Waals surface area contributed by atoms with Crippen molar-refractivity contribution in [3.63, 3.8) is 0 Å². The summed E-state index contributed by atoms with van der Waals surface area (Å²) in [6, 6.07) is 2.26. The quantitative estimate of drug-likeness (QED) is 0.853. The Hall–Kier alpha value is -2.44. The third kappa shape index (κ3) is 2.93. The van der Waals surface area contributed by atoms with Crippen molar-refractivity contribution in [1.82, 2.24) is 9.97 Å². The average molecular weight is 307 g/mol. The second-order valence-electron chi connectivity index (χ2n) is 5.05. The highest BCUT2D eigenvalue weighted by Gasteiger charge is 2.25. The van der Waals surface area contributed by atoms with Crippen LogP contribution in [-0.4, -0.2) is 34.2 Å². The Kier molecular flexibility index (Phi) is 4.75. The van der Waals surface area contributed by atoms with Gasteiger partial charge in [0.15, 0.2) is 11.6 Å². The van der Waals surface area contributed by atoms with E-state index >= 15 is 0 Å². The Labute approximate surface area is 127 Å². The molecule has 2 aromatic rings. The maximum absolute atomic E-state index is 14.2. The molecule has 0 bridgehead atoms. The van der Waals surface area contributed by atoms with E-state index in [0.717, 1.165) is 0 Å². The molecule has 0 saturated heterocycles. The molecule has 0 aliphatic heterocycles. The van der Waals surface area contributed by atoms with Crippen LogP contribution in [0.4, 0.5) is 10.2 Å². The molecule has 1 aromatic carbocycles. The van der Waals surface area contributed by atoms with Gasteiger partial charge in [0.05, 0.1) is 7.11 Å². The topological polar surface area (TPSA) is 84.3 Å². The lowest BCUT2D eigenvalue weighted by atomic mass is 9.99. The second kappa shape index (κ2) is 6.55. The van der Waals surface area contributed by atoms with E-state index in [1.54, 1.807) is 6.07 Å². The molecule has 118 valence electrons. The van der Waals surface area contributed by atoms with Gasteiger partial charge in [0, 0.05) is 5.39 Å². The summed E-state index contributed by atoms with van der Waals surface area (Å²) in [4.78, 5) is 19.4. The van der Waals surface area contributed by atoms with E-state index < -0.39 is 17.8 Å². The minimum absolute atomic E-state index is 0.0776. The summed E-state index contributed by atoms with van der Waals surface area (Å²) in [7, 11) is 1.37. The maximum atomic E-state index is 14.2. The van der Waals surface area contributed by atoms with Crippen molar-refractivity contribution < 1.29 is 19.0 Å². The third-order valence-electron chi connectivity index (χ3n) is 3.70. The van der Waals surface area contributed by atoms with Crippen LogP contribution in [0.15, 0.2) is 18.5 Å². The van der Waals surface area contributed by atoms with Crippen LogP contribution in [-0.2, 0) is 4.79 Å². The number of nitrogens with one attached hydrogen (secondary N) is 1. The van der Waals surface area contributed by atoms with E-state index in [4.69, 9.17) is 4.74 Å². The molecule has 2 atom stereocenters. The van der Waals surface area contributed by atoms with E-state index in [2.05, 4.69) is 15.3 Å². The summed E-state index contributed by atoms with van der Waals surface area (Å²) in [5.41, 5.74) is 0.0881. The van der Waals surface area contributed by atoms with Crippen LogP contribution >= 0.6 is 0 Å². The minimum Gasteiger partial charge on any atom is -0.494 e. The fourth-order valence-corrected chi connectivity index (χ4v) is 2.18. The number of carboxylic acid groups (broad SMARTS) is 1. The van der Waals surface area contributed by atoms with E-state index in [1.165, 1.54) is 19.5 Å². The number of nitrogens with zero attached hydrogens (tertiary/aromatic N) is 2. The molecule has 2 N–H and O–H groups in total. The number of anilines is 1. The summed E-state index contributed by atoms with van der Waals surface area (Å²) in [5, 5.41) is 12.6. The van der Waals surface area contributed by atoms with Crippen LogP contribution in [0, 0.1) is 11.7 Å². The number of carbonyl (C=O) groups is 1. The van der Waals surface area contributed by atoms with Gasteiger partial charge in [-0.15, -0.1) is 0 Å². The first kappa shape index (κ1) is 15.9. The summed E-state index contributed by atoms with van der Waals surface area (Å²) in [5.74, 6) is -1.31. The van der Waals surface area contributed by atoms with Gasteiger partial charge in [-0.2, -0.15) is 0 Å². The third-order valence-corrected chi connectivity index (χ3v) is 3.70. The van der Waals surface area contributed by atoms with Crippen LogP contribution in [0.2, 0.25) is 0 Å². The first-order valence-electron chi connectivity index (χ1n) is 6.96. The fourth-order valence-electron chi connectivity index (χ4n) is 2.18. The minimum atomic E-state index is -0.977. The summed E-state index contributed by atoms with van der Waals surface area (Å²) >= 11 is 0. The SMILES string of the molecule is CC[C@H](C)[C@H](Nc1ncnc2c(F)c(OC)ccc12)C(=O)O. The number of aliphatic carboxylic acids is 1. The normalized spacial score (nSPS) is 13.6.